The van der Waals surface area contributed by atoms with Crippen molar-refractivity contribution in [1.82, 2.24) is 0 Å². The molecule has 0 aliphatic heterocycles. The van der Waals surface area contributed by atoms with Crippen LogP contribution in [0.25, 0.3) is 0 Å². The molecule has 2 rings (SSSR count). The minimum absolute atomic E-state index is 0. The van der Waals surface area contributed by atoms with Gasteiger partial charge in [0.15, 0.2) is 0 Å². The third kappa shape index (κ3) is 3.84. The summed E-state index contributed by atoms with van der Waals surface area (Å²) < 4.78 is 0. The first-order chi connectivity index (χ1) is 7.79. The van der Waals surface area contributed by atoms with Crippen molar-refractivity contribution >= 4 is 41.5 Å². The van der Waals surface area contributed by atoms with Gasteiger partial charge in [-0.2, -0.15) is 0 Å². The lowest BCUT2D eigenvalue weighted by molar-refractivity contribution is 1.25. The normalized spacial score (nSPS) is 9.71. The Balaban J connectivity index is 0.00000144. The van der Waals surface area contributed by atoms with E-state index in [1.165, 1.54) is 4.90 Å². The van der Waals surface area contributed by atoms with Crippen molar-refractivity contribution < 1.29 is 0 Å². The third-order valence-electron chi connectivity index (χ3n) is 2.20. The Labute approximate surface area is 117 Å². The molecule has 0 saturated heterocycles. The fraction of sp³-hybridized carbons (Fsp3) is 0.0769. The number of hydrogen-bond donors (Lipinski definition) is 1. The summed E-state index contributed by atoms with van der Waals surface area (Å²) in [7, 11) is 0. The van der Waals surface area contributed by atoms with Gasteiger partial charge < -0.3 is 5.73 Å². The first-order valence-corrected chi connectivity index (χ1v) is 6.32. The predicted octanol–water partition coefficient (Wildman–Crippen LogP) is 4.58. The SMILES string of the molecule is Cl.Nc1cccc(Sc2ccccc2CCl)c1. The number of benzene rings is 2. The highest BCUT2D eigenvalue weighted by molar-refractivity contribution is 7.99. The quantitative estimate of drug-likeness (QED) is 0.660. The van der Waals surface area contributed by atoms with Crippen LogP contribution in [0.2, 0.25) is 0 Å². The second kappa shape index (κ2) is 6.80. The van der Waals surface area contributed by atoms with E-state index in [-0.39, 0.29) is 12.4 Å². The summed E-state index contributed by atoms with van der Waals surface area (Å²) in [6.07, 6.45) is 0. The molecule has 4 heteroatoms. The number of nitrogens with two attached hydrogens (primary N) is 1. The zero-order valence-electron chi connectivity index (χ0n) is 9.10. The van der Waals surface area contributed by atoms with Gasteiger partial charge in [0.05, 0.1) is 0 Å². The molecule has 0 amide bonds. The lowest BCUT2D eigenvalue weighted by atomic mass is 10.2. The van der Waals surface area contributed by atoms with Crippen LogP contribution < -0.4 is 5.73 Å². The van der Waals surface area contributed by atoms with Crippen molar-refractivity contribution in [3.63, 3.8) is 0 Å². The van der Waals surface area contributed by atoms with Crippen molar-refractivity contribution in [1.29, 1.82) is 0 Å². The van der Waals surface area contributed by atoms with E-state index >= 15 is 0 Å². The van der Waals surface area contributed by atoms with Crippen LogP contribution in [0.15, 0.2) is 58.3 Å². The van der Waals surface area contributed by atoms with Gasteiger partial charge in [-0.25, -0.2) is 0 Å². The molecule has 0 aliphatic carbocycles. The molecule has 0 heterocycles. The Bertz CT molecular complexity index is 488. The van der Waals surface area contributed by atoms with Gasteiger partial charge >= 0.3 is 0 Å². The monoisotopic (exact) mass is 285 g/mol. The van der Waals surface area contributed by atoms with Crippen LogP contribution in [0.3, 0.4) is 0 Å². The molecular formula is C13H13Cl2NS. The molecule has 17 heavy (non-hydrogen) atoms. The second-order valence-electron chi connectivity index (χ2n) is 3.42. The van der Waals surface area contributed by atoms with E-state index in [0.29, 0.717) is 5.88 Å². The van der Waals surface area contributed by atoms with Crippen LogP contribution in [0.4, 0.5) is 5.69 Å². The van der Waals surface area contributed by atoms with Crippen LogP contribution in [-0.2, 0) is 5.88 Å². The molecule has 0 aliphatic rings. The fourth-order valence-corrected chi connectivity index (χ4v) is 2.74. The lowest BCUT2D eigenvalue weighted by Crippen LogP contribution is -1.85. The maximum Gasteiger partial charge on any atom is 0.0485 e. The summed E-state index contributed by atoms with van der Waals surface area (Å²) in [6.45, 7) is 0. The smallest absolute Gasteiger partial charge is 0.0485 e. The van der Waals surface area contributed by atoms with Gasteiger partial charge in [-0.05, 0) is 29.8 Å². The number of rotatable bonds is 3. The summed E-state index contributed by atoms with van der Waals surface area (Å²) in [6, 6.07) is 16.0. The Kier molecular flexibility index (Phi) is 5.69. The largest absolute Gasteiger partial charge is 0.399 e. The van der Waals surface area contributed by atoms with Crippen LogP contribution in [0.5, 0.6) is 0 Å². The molecule has 0 saturated carbocycles. The van der Waals surface area contributed by atoms with Crippen molar-refractivity contribution in [2.75, 3.05) is 5.73 Å². The predicted molar refractivity (Wildman–Crippen MR) is 78.2 cm³/mol. The Morgan fingerprint density at radius 3 is 2.53 bits per heavy atom. The van der Waals surface area contributed by atoms with E-state index in [0.717, 1.165) is 16.1 Å². The Morgan fingerprint density at radius 2 is 1.82 bits per heavy atom. The fourth-order valence-electron chi connectivity index (χ4n) is 1.42. The molecule has 0 atom stereocenters. The van der Waals surface area contributed by atoms with Crippen molar-refractivity contribution in [2.45, 2.75) is 15.7 Å². The average molecular weight is 286 g/mol. The van der Waals surface area contributed by atoms with Crippen LogP contribution in [0.1, 0.15) is 5.56 Å². The first-order valence-electron chi connectivity index (χ1n) is 4.97. The van der Waals surface area contributed by atoms with Gasteiger partial charge in [0.1, 0.15) is 0 Å². The highest BCUT2D eigenvalue weighted by atomic mass is 35.5. The number of hydrogen-bond acceptors (Lipinski definition) is 2. The van der Waals surface area contributed by atoms with Crippen LogP contribution >= 0.6 is 35.8 Å². The molecule has 2 N–H and O–H groups in total. The lowest BCUT2D eigenvalue weighted by Gasteiger charge is -2.06. The maximum atomic E-state index is 5.89. The number of anilines is 1. The second-order valence-corrected chi connectivity index (χ2v) is 4.80. The van der Waals surface area contributed by atoms with Gasteiger partial charge in [-0.1, -0.05) is 36.0 Å². The summed E-state index contributed by atoms with van der Waals surface area (Å²) in [5.41, 5.74) is 7.68. The highest BCUT2D eigenvalue weighted by Crippen LogP contribution is 2.31. The minimum Gasteiger partial charge on any atom is -0.399 e. The van der Waals surface area contributed by atoms with E-state index in [1.54, 1.807) is 11.8 Å². The van der Waals surface area contributed by atoms with Gasteiger partial charge in [0.25, 0.3) is 0 Å². The topological polar surface area (TPSA) is 26.0 Å². The zero-order valence-corrected chi connectivity index (χ0v) is 11.5. The Hall–Kier alpha value is -0.830. The summed E-state index contributed by atoms with van der Waals surface area (Å²) in [5.74, 6) is 0.533. The van der Waals surface area contributed by atoms with Crippen molar-refractivity contribution in [2.24, 2.45) is 0 Å². The molecule has 0 fully saturated rings. The first kappa shape index (κ1) is 14.2. The summed E-state index contributed by atoms with van der Waals surface area (Å²) in [4.78, 5) is 2.32. The molecule has 0 bridgehead atoms. The molecule has 2 aromatic rings. The van der Waals surface area contributed by atoms with Gasteiger partial charge in [-0.15, -0.1) is 24.0 Å². The maximum absolute atomic E-state index is 5.89. The van der Waals surface area contributed by atoms with Crippen LogP contribution in [-0.4, -0.2) is 0 Å². The average Bonchev–Trinajstić information content (AvgIpc) is 2.30. The number of halogens is 2. The zero-order chi connectivity index (χ0) is 11.4. The van der Waals surface area contributed by atoms with E-state index < -0.39 is 0 Å². The summed E-state index contributed by atoms with van der Waals surface area (Å²) in [5, 5.41) is 0. The van der Waals surface area contributed by atoms with Gasteiger partial charge in [-0.3, -0.25) is 0 Å². The van der Waals surface area contributed by atoms with E-state index in [4.69, 9.17) is 17.3 Å². The molecule has 0 unspecified atom stereocenters. The van der Waals surface area contributed by atoms with E-state index in [9.17, 15) is 0 Å². The van der Waals surface area contributed by atoms with E-state index in [2.05, 4.69) is 6.07 Å². The highest BCUT2D eigenvalue weighted by Gasteiger charge is 2.02. The van der Waals surface area contributed by atoms with Gasteiger partial charge in [0, 0.05) is 21.4 Å². The Morgan fingerprint density at radius 1 is 1.06 bits per heavy atom. The molecule has 0 radical (unpaired) electrons. The van der Waals surface area contributed by atoms with Crippen molar-refractivity contribution in [3.8, 4) is 0 Å². The van der Waals surface area contributed by atoms with Crippen molar-refractivity contribution in [3.05, 3.63) is 54.1 Å². The van der Waals surface area contributed by atoms with Gasteiger partial charge in [0.2, 0.25) is 0 Å². The minimum atomic E-state index is 0. The molecule has 0 spiro atoms. The molecule has 0 aromatic heterocycles. The standard InChI is InChI=1S/C13H12ClNS.ClH/c14-9-10-4-1-2-7-13(10)16-12-6-3-5-11(15)8-12;/h1-8H,9,15H2;1H. The van der Waals surface area contributed by atoms with Crippen LogP contribution in [0, 0.1) is 0 Å². The summed E-state index contributed by atoms with van der Waals surface area (Å²) >= 11 is 7.58. The molecule has 1 nitrogen and oxygen atoms in total. The number of nitrogen functional groups attached to an aromatic ring is 1. The molecule has 2 aromatic carbocycles. The third-order valence-corrected chi connectivity index (χ3v) is 3.60. The molecule has 90 valence electrons. The molecular weight excluding hydrogens is 273 g/mol. The number of alkyl halides is 1. The van der Waals surface area contributed by atoms with E-state index in [1.807, 2.05) is 42.5 Å².